The van der Waals surface area contributed by atoms with Gasteiger partial charge in [0.2, 0.25) is 0 Å². The molecule has 0 saturated heterocycles. The van der Waals surface area contributed by atoms with Gasteiger partial charge in [0, 0.05) is 25.5 Å². The topological polar surface area (TPSA) is 136 Å². The predicted molar refractivity (Wildman–Crippen MR) is 166 cm³/mol. The van der Waals surface area contributed by atoms with Crippen LogP contribution in [-0.2, 0) is 50.1 Å². The predicted octanol–water partition coefficient (Wildman–Crippen LogP) is 4.58. The van der Waals surface area contributed by atoms with E-state index in [9.17, 15) is 19.2 Å². The lowest BCUT2D eigenvalue weighted by molar-refractivity contribution is -0.160. The van der Waals surface area contributed by atoms with Crippen molar-refractivity contribution < 1.29 is 23.9 Å². The molecule has 228 valence electrons. The van der Waals surface area contributed by atoms with Gasteiger partial charge in [-0.25, -0.2) is 4.79 Å². The van der Waals surface area contributed by atoms with Gasteiger partial charge in [-0.1, -0.05) is 83.9 Å². The zero-order chi connectivity index (χ0) is 31.9. The number of primary amides is 1. The van der Waals surface area contributed by atoms with Gasteiger partial charge >= 0.3 is 23.7 Å². The highest BCUT2D eigenvalue weighted by Gasteiger charge is 2.24. The molecule has 0 fully saturated rings. The summed E-state index contributed by atoms with van der Waals surface area (Å²) < 4.78 is 4.81. The smallest absolute Gasteiger partial charge is 0.397 e. The summed E-state index contributed by atoms with van der Waals surface area (Å²) in [6.07, 6.45) is 3.00. The molecule has 10 nitrogen and oxygen atoms in total. The average molecular weight is 637 g/mol. The van der Waals surface area contributed by atoms with Gasteiger partial charge in [0.1, 0.15) is 0 Å². The Balaban J connectivity index is 0.000000241. The zero-order valence-electron chi connectivity index (χ0n) is 23.9. The van der Waals surface area contributed by atoms with E-state index < -0.39 is 23.7 Å². The highest BCUT2D eigenvalue weighted by atomic mass is 35.5. The van der Waals surface area contributed by atoms with Crippen LogP contribution in [0.2, 0.25) is 10.0 Å². The summed E-state index contributed by atoms with van der Waals surface area (Å²) in [7, 11) is 0. The molecule has 12 heteroatoms. The van der Waals surface area contributed by atoms with Gasteiger partial charge in [-0.3, -0.25) is 24.4 Å². The molecule has 0 aliphatic carbocycles. The van der Waals surface area contributed by atoms with Crippen molar-refractivity contribution in [2.45, 2.75) is 33.1 Å². The van der Waals surface area contributed by atoms with Crippen LogP contribution in [0.15, 0.2) is 97.3 Å². The van der Waals surface area contributed by atoms with Crippen molar-refractivity contribution in [1.82, 2.24) is 19.8 Å². The van der Waals surface area contributed by atoms with E-state index in [2.05, 4.69) is 9.97 Å². The molecule has 4 aromatic rings. The van der Waals surface area contributed by atoms with Crippen molar-refractivity contribution in [3.63, 3.8) is 0 Å². The quantitative estimate of drug-likeness (QED) is 0.210. The van der Waals surface area contributed by atoms with Gasteiger partial charge in [-0.15, -0.1) is 0 Å². The first kappa shape index (κ1) is 33.7. The second-order valence-corrected chi connectivity index (χ2v) is 10.2. The van der Waals surface area contributed by atoms with Gasteiger partial charge in [0.15, 0.2) is 0 Å². The van der Waals surface area contributed by atoms with E-state index in [0.29, 0.717) is 28.0 Å². The minimum absolute atomic E-state index is 0.156. The van der Waals surface area contributed by atoms with Crippen LogP contribution in [0.3, 0.4) is 0 Å². The summed E-state index contributed by atoms with van der Waals surface area (Å²) >= 11 is 11.6. The van der Waals surface area contributed by atoms with E-state index in [1.807, 2.05) is 60.7 Å². The van der Waals surface area contributed by atoms with E-state index in [1.165, 1.54) is 22.2 Å². The number of carbonyl (C=O) groups is 4. The number of pyridine rings is 2. The normalized spacial score (nSPS) is 10.2. The first-order valence-electron chi connectivity index (χ1n) is 13.5. The Kier molecular flexibility index (Phi) is 13.3. The second kappa shape index (κ2) is 17.3. The number of nitrogens with zero attached hydrogens (tertiary/aromatic N) is 4. The minimum atomic E-state index is -0.986. The van der Waals surface area contributed by atoms with Gasteiger partial charge in [-0.05, 0) is 42.3 Å². The Morgan fingerprint density at radius 3 is 1.45 bits per heavy atom. The molecule has 0 saturated carbocycles. The third-order valence-corrected chi connectivity index (χ3v) is 6.40. The van der Waals surface area contributed by atoms with Crippen LogP contribution < -0.4 is 5.73 Å². The molecule has 0 spiro atoms. The number of hydrogen-bond donors (Lipinski definition) is 1. The van der Waals surface area contributed by atoms with Crippen LogP contribution in [0, 0.1) is 0 Å². The molecular weight excluding hydrogens is 605 g/mol. The summed E-state index contributed by atoms with van der Waals surface area (Å²) in [4.78, 5) is 58.2. The maximum Gasteiger partial charge on any atom is 0.397 e. The Bertz CT molecular complexity index is 1520. The molecule has 2 aromatic carbocycles. The summed E-state index contributed by atoms with van der Waals surface area (Å²) in [5, 5.41) is 1.02. The number of hydrogen-bond acceptors (Lipinski definition) is 7. The van der Waals surface area contributed by atoms with E-state index in [4.69, 9.17) is 33.7 Å². The molecule has 3 amide bonds. The monoisotopic (exact) mass is 635 g/mol. The third-order valence-electron chi connectivity index (χ3n) is 5.95. The fourth-order valence-electron chi connectivity index (χ4n) is 3.88. The van der Waals surface area contributed by atoms with Crippen molar-refractivity contribution in [2.75, 3.05) is 6.61 Å². The van der Waals surface area contributed by atoms with Gasteiger partial charge in [0.25, 0.3) is 0 Å². The molecule has 2 N–H and O–H groups in total. The van der Waals surface area contributed by atoms with E-state index in [1.54, 1.807) is 31.2 Å². The summed E-state index contributed by atoms with van der Waals surface area (Å²) in [6.45, 7) is 2.78. The average Bonchev–Trinajstić information content (AvgIpc) is 3.03. The Hall–Kier alpha value is -4.80. The highest BCUT2D eigenvalue weighted by Crippen LogP contribution is 2.13. The van der Waals surface area contributed by atoms with Crippen LogP contribution in [0.1, 0.15) is 29.4 Å². The molecular formula is C32H31Cl2N5O5. The molecule has 0 aliphatic heterocycles. The third kappa shape index (κ3) is 11.1. The molecule has 44 heavy (non-hydrogen) atoms. The van der Waals surface area contributed by atoms with Crippen molar-refractivity contribution in [1.29, 1.82) is 0 Å². The SMILES string of the molecule is CCOC(=O)C(=O)N(Cc1ccccc1)Cc1ccc(Cl)cn1.NC(=O)C(=O)N(Cc1ccccc1)Cc1ccc(Cl)cn1. The van der Waals surface area contributed by atoms with E-state index in [-0.39, 0.29) is 26.2 Å². The first-order chi connectivity index (χ1) is 21.2. The summed E-state index contributed by atoms with van der Waals surface area (Å²) in [5.41, 5.74) is 8.19. The lowest BCUT2D eigenvalue weighted by Crippen LogP contribution is -2.39. The molecule has 2 heterocycles. The zero-order valence-corrected chi connectivity index (χ0v) is 25.4. The first-order valence-corrected chi connectivity index (χ1v) is 14.2. The van der Waals surface area contributed by atoms with Crippen molar-refractivity contribution >= 4 is 46.9 Å². The molecule has 0 aliphatic rings. The molecule has 0 bridgehead atoms. The van der Waals surface area contributed by atoms with Crippen molar-refractivity contribution in [3.8, 4) is 0 Å². The Labute approximate surface area is 265 Å². The van der Waals surface area contributed by atoms with Crippen LogP contribution in [0.25, 0.3) is 0 Å². The van der Waals surface area contributed by atoms with Crippen molar-refractivity contribution in [3.05, 3.63) is 130 Å². The van der Waals surface area contributed by atoms with Crippen LogP contribution in [0.4, 0.5) is 0 Å². The highest BCUT2D eigenvalue weighted by molar-refractivity contribution is 6.34. The number of rotatable bonds is 9. The van der Waals surface area contributed by atoms with Crippen LogP contribution in [0.5, 0.6) is 0 Å². The molecule has 0 unspecified atom stereocenters. The lowest BCUT2D eigenvalue weighted by Gasteiger charge is -2.21. The number of carbonyl (C=O) groups excluding carboxylic acids is 4. The number of amides is 3. The summed E-state index contributed by atoms with van der Waals surface area (Å²) in [6, 6.07) is 25.6. The fourth-order valence-corrected chi connectivity index (χ4v) is 4.10. The van der Waals surface area contributed by atoms with E-state index >= 15 is 0 Å². The number of esters is 1. The van der Waals surface area contributed by atoms with Crippen LogP contribution in [-0.4, -0.2) is 50.1 Å². The van der Waals surface area contributed by atoms with E-state index in [0.717, 1.165) is 11.1 Å². The number of benzene rings is 2. The van der Waals surface area contributed by atoms with Gasteiger partial charge < -0.3 is 20.3 Å². The molecule has 2 aromatic heterocycles. The summed E-state index contributed by atoms with van der Waals surface area (Å²) in [5.74, 6) is -3.28. The molecule has 0 atom stereocenters. The van der Waals surface area contributed by atoms with Crippen LogP contribution >= 0.6 is 23.2 Å². The number of aromatic nitrogens is 2. The van der Waals surface area contributed by atoms with Gasteiger partial charge in [-0.2, -0.15) is 0 Å². The fraction of sp³-hybridized carbons (Fsp3) is 0.188. The van der Waals surface area contributed by atoms with Gasteiger partial charge in [0.05, 0.1) is 41.1 Å². The molecule has 0 radical (unpaired) electrons. The number of ether oxygens (including phenoxy) is 1. The maximum atomic E-state index is 12.3. The Morgan fingerprint density at radius 2 is 1.09 bits per heavy atom. The molecule has 4 rings (SSSR count). The maximum absolute atomic E-state index is 12.3. The second-order valence-electron chi connectivity index (χ2n) is 9.31. The number of halogens is 2. The largest absolute Gasteiger partial charge is 0.459 e. The Morgan fingerprint density at radius 1 is 0.659 bits per heavy atom. The number of nitrogens with two attached hydrogens (primary N) is 1. The standard InChI is InChI=1S/C17H17ClN2O3.C15H14ClN3O2/c1-2-23-17(22)16(21)20(11-13-6-4-3-5-7-13)12-15-9-8-14(18)10-19-15;16-12-6-7-13(18-8-12)10-19(15(21)14(17)20)9-11-4-2-1-3-5-11/h3-10H,2,11-12H2,1H3;1-8H,9-10H2,(H2,17,20). The van der Waals surface area contributed by atoms with Crippen molar-refractivity contribution in [2.24, 2.45) is 5.73 Å². The minimum Gasteiger partial charge on any atom is -0.459 e. The lowest BCUT2D eigenvalue weighted by atomic mass is 10.2.